The number of hydrogen-bond donors (Lipinski definition) is 1. The van der Waals surface area contributed by atoms with Gasteiger partial charge in [0.2, 0.25) is 0 Å². The summed E-state index contributed by atoms with van der Waals surface area (Å²) in [5.41, 5.74) is 4.35. The topological polar surface area (TPSA) is 64.8 Å². The summed E-state index contributed by atoms with van der Waals surface area (Å²) in [6.45, 7) is 15.6. The molecule has 1 N–H and O–H groups in total. The summed E-state index contributed by atoms with van der Waals surface area (Å²) < 4.78 is 1.76. The molecule has 31 heavy (non-hydrogen) atoms. The molecule has 170 valence electrons. The van der Waals surface area contributed by atoms with E-state index in [4.69, 9.17) is 4.98 Å². The number of fused-ring (bicyclic) bond motifs is 2. The molecule has 2 aromatic heterocycles. The predicted octanol–water partition coefficient (Wildman–Crippen LogP) is 3.15. The second-order valence-electron chi connectivity index (χ2n) is 8.39. The van der Waals surface area contributed by atoms with Crippen LogP contribution in [0.4, 0.5) is 0 Å². The lowest BCUT2D eigenvalue weighted by Gasteiger charge is -2.30. The number of carboxylic acid groups (broad SMARTS) is 1. The van der Waals surface area contributed by atoms with Gasteiger partial charge < -0.3 is 14.6 Å². The summed E-state index contributed by atoms with van der Waals surface area (Å²) in [4.78, 5) is 24.0. The van der Waals surface area contributed by atoms with Crippen molar-refractivity contribution in [3.63, 3.8) is 0 Å². The van der Waals surface area contributed by atoms with Gasteiger partial charge in [-0.15, -0.1) is 0 Å². The monoisotopic (exact) mass is 427 g/mol. The lowest BCUT2D eigenvalue weighted by molar-refractivity contribution is 0.0686. The van der Waals surface area contributed by atoms with E-state index in [0.29, 0.717) is 5.69 Å². The van der Waals surface area contributed by atoms with Crippen LogP contribution in [0.2, 0.25) is 0 Å². The molecule has 0 saturated carbocycles. The Bertz CT molecular complexity index is 879. The Balaban J connectivity index is 2.00. The van der Waals surface area contributed by atoms with Crippen molar-refractivity contribution in [3.05, 3.63) is 41.3 Å². The van der Waals surface area contributed by atoms with Crippen molar-refractivity contribution < 1.29 is 9.90 Å². The van der Waals surface area contributed by atoms with E-state index in [1.54, 1.807) is 10.6 Å². The van der Waals surface area contributed by atoms with Gasteiger partial charge in [-0.3, -0.25) is 14.8 Å². The average Bonchev–Trinajstić information content (AvgIpc) is 3.13. The molecule has 3 heterocycles. The largest absolute Gasteiger partial charge is 0.477 e. The highest BCUT2D eigenvalue weighted by molar-refractivity contribution is 5.87. The molecular weight excluding hydrogens is 390 g/mol. The quantitative estimate of drug-likeness (QED) is 0.764. The Morgan fingerprint density at radius 3 is 2.06 bits per heavy atom. The van der Waals surface area contributed by atoms with Gasteiger partial charge in [-0.1, -0.05) is 20.8 Å². The number of pyridine rings is 1. The first kappa shape index (κ1) is 23.4. The highest BCUT2D eigenvalue weighted by Crippen LogP contribution is 2.25. The molecule has 0 unspecified atom stereocenters. The standard InChI is InChI=1S/C24H37N5O2/c1-5-10-29-14-12-27(6-2)11-13-28(7-3)17-20-15-19(16-21(18-29)25-20)22-8-9-23(24(30)31)26(22)4/h8-9,15-16H,5-7,10-14,17-18H2,1-4H3,(H,30,31). The van der Waals surface area contributed by atoms with Gasteiger partial charge in [0, 0.05) is 57.6 Å². The highest BCUT2D eigenvalue weighted by Gasteiger charge is 2.18. The smallest absolute Gasteiger partial charge is 0.352 e. The third-order valence-electron chi connectivity index (χ3n) is 6.24. The van der Waals surface area contributed by atoms with Gasteiger partial charge in [0.05, 0.1) is 11.4 Å². The molecule has 1 aliphatic rings. The molecule has 7 nitrogen and oxygen atoms in total. The van der Waals surface area contributed by atoms with E-state index in [2.05, 4.69) is 47.6 Å². The summed E-state index contributed by atoms with van der Waals surface area (Å²) in [5.74, 6) is -0.905. The number of likely N-dealkylation sites (N-methyl/N-ethyl adjacent to an activating group) is 2. The summed E-state index contributed by atoms with van der Waals surface area (Å²) >= 11 is 0. The fourth-order valence-electron chi connectivity index (χ4n) is 4.36. The number of carboxylic acids is 1. The Hall–Kier alpha value is -2.22. The Kier molecular flexibility index (Phi) is 8.23. The summed E-state index contributed by atoms with van der Waals surface area (Å²) in [6, 6.07) is 7.83. The summed E-state index contributed by atoms with van der Waals surface area (Å²) in [5, 5.41) is 9.45. The molecule has 0 radical (unpaired) electrons. The molecule has 7 heteroatoms. The van der Waals surface area contributed by atoms with E-state index >= 15 is 0 Å². The molecule has 0 saturated heterocycles. The van der Waals surface area contributed by atoms with E-state index in [-0.39, 0.29) is 0 Å². The minimum Gasteiger partial charge on any atom is -0.477 e. The fourth-order valence-corrected chi connectivity index (χ4v) is 4.36. The number of nitrogens with zero attached hydrogens (tertiary/aromatic N) is 5. The SMILES string of the molecule is CCCN1CCN(CC)CCN(CC)Cc2cc(-c3ccc(C(=O)O)n3C)cc(n2)C1. The summed E-state index contributed by atoms with van der Waals surface area (Å²) in [6.07, 6.45) is 1.11. The first-order valence-corrected chi connectivity index (χ1v) is 11.5. The van der Waals surface area contributed by atoms with Crippen LogP contribution < -0.4 is 0 Å². The lowest BCUT2D eigenvalue weighted by Crippen LogP contribution is -2.40. The molecule has 0 fully saturated rings. The lowest BCUT2D eigenvalue weighted by atomic mass is 10.1. The highest BCUT2D eigenvalue weighted by atomic mass is 16.4. The maximum Gasteiger partial charge on any atom is 0.352 e. The molecule has 3 rings (SSSR count). The van der Waals surface area contributed by atoms with E-state index < -0.39 is 5.97 Å². The molecule has 0 aromatic carbocycles. The third kappa shape index (κ3) is 5.93. The van der Waals surface area contributed by atoms with Gasteiger partial charge in [-0.05, 0) is 50.3 Å². The van der Waals surface area contributed by atoms with Gasteiger partial charge in [0.15, 0.2) is 0 Å². The Labute approximate surface area is 186 Å². The third-order valence-corrected chi connectivity index (χ3v) is 6.24. The van der Waals surface area contributed by atoms with Crippen LogP contribution in [0.25, 0.3) is 11.3 Å². The van der Waals surface area contributed by atoms with Crippen LogP contribution in [0, 0.1) is 0 Å². The number of aromatic nitrogens is 2. The maximum atomic E-state index is 11.5. The molecule has 0 aliphatic carbocycles. The van der Waals surface area contributed by atoms with Crippen molar-refractivity contribution in [2.24, 2.45) is 7.05 Å². The molecule has 2 aromatic rings. The van der Waals surface area contributed by atoms with Crippen LogP contribution >= 0.6 is 0 Å². The molecule has 0 amide bonds. The number of aromatic carboxylic acids is 1. The van der Waals surface area contributed by atoms with Crippen LogP contribution in [0.5, 0.6) is 0 Å². The first-order valence-electron chi connectivity index (χ1n) is 11.5. The van der Waals surface area contributed by atoms with Gasteiger partial charge >= 0.3 is 5.97 Å². The van der Waals surface area contributed by atoms with E-state index in [1.807, 2.05) is 13.1 Å². The van der Waals surface area contributed by atoms with Crippen molar-refractivity contribution in [1.82, 2.24) is 24.3 Å². The van der Waals surface area contributed by atoms with Crippen molar-refractivity contribution in [2.45, 2.75) is 40.3 Å². The average molecular weight is 428 g/mol. The fraction of sp³-hybridized carbons (Fsp3) is 0.583. The zero-order valence-electron chi connectivity index (χ0n) is 19.5. The maximum absolute atomic E-state index is 11.5. The van der Waals surface area contributed by atoms with E-state index in [1.165, 1.54) is 0 Å². The van der Waals surface area contributed by atoms with Crippen LogP contribution in [-0.4, -0.2) is 81.1 Å². The molecule has 0 atom stereocenters. The Morgan fingerprint density at radius 2 is 1.52 bits per heavy atom. The second-order valence-corrected chi connectivity index (χ2v) is 8.39. The molecule has 0 spiro atoms. The van der Waals surface area contributed by atoms with E-state index in [9.17, 15) is 9.90 Å². The van der Waals surface area contributed by atoms with Crippen LogP contribution in [0.1, 0.15) is 49.1 Å². The molecule has 2 bridgehead atoms. The number of rotatable bonds is 6. The van der Waals surface area contributed by atoms with Crippen molar-refractivity contribution in [1.29, 1.82) is 0 Å². The predicted molar refractivity (Wildman–Crippen MR) is 124 cm³/mol. The van der Waals surface area contributed by atoms with Crippen molar-refractivity contribution in [3.8, 4) is 11.3 Å². The zero-order valence-corrected chi connectivity index (χ0v) is 19.5. The van der Waals surface area contributed by atoms with Crippen molar-refractivity contribution in [2.75, 3.05) is 45.8 Å². The van der Waals surface area contributed by atoms with Crippen LogP contribution in [0.3, 0.4) is 0 Å². The number of hydrogen-bond acceptors (Lipinski definition) is 5. The Morgan fingerprint density at radius 1 is 0.935 bits per heavy atom. The normalized spacial score (nSPS) is 17.3. The summed E-state index contributed by atoms with van der Waals surface area (Å²) in [7, 11) is 1.82. The van der Waals surface area contributed by atoms with Gasteiger partial charge in [-0.25, -0.2) is 4.79 Å². The van der Waals surface area contributed by atoms with Crippen LogP contribution in [0.15, 0.2) is 24.3 Å². The first-order chi connectivity index (χ1) is 14.9. The van der Waals surface area contributed by atoms with Crippen molar-refractivity contribution >= 4 is 5.97 Å². The minimum atomic E-state index is -0.905. The molecular formula is C24H37N5O2. The van der Waals surface area contributed by atoms with Crippen LogP contribution in [-0.2, 0) is 20.1 Å². The number of carbonyl (C=O) groups is 1. The second kappa shape index (κ2) is 10.9. The zero-order chi connectivity index (χ0) is 22.4. The van der Waals surface area contributed by atoms with E-state index in [0.717, 1.165) is 88.0 Å². The van der Waals surface area contributed by atoms with Gasteiger partial charge in [0.25, 0.3) is 0 Å². The molecule has 1 aliphatic heterocycles. The van der Waals surface area contributed by atoms with Gasteiger partial charge in [0.1, 0.15) is 5.69 Å². The minimum absolute atomic E-state index is 0.298. The van der Waals surface area contributed by atoms with Gasteiger partial charge in [-0.2, -0.15) is 0 Å².